The molecule has 0 saturated carbocycles. The molecule has 0 nitrogen and oxygen atoms in total. The Morgan fingerprint density at radius 3 is 0.109 bits per heavy atom. The summed E-state index contributed by atoms with van der Waals surface area (Å²) in [4.78, 5) is 0. The fraction of sp³-hybridized carbons (Fsp3) is 1.00. The molecule has 46 heavy (non-hydrogen) atoms. The maximum atomic E-state index is 2.12. The summed E-state index contributed by atoms with van der Waals surface area (Å²) < 4.78 is 0. The average molecular weight is 677 g/mol. The Balaban J connectivity index is -0.0000000149. The van der Waals surface area contributed by atoms with Crippen LogP contribution in [0.15, 0.2) is 0 Å². The Morgan fingerprint density at radius 1 is 0.109 bits per heavy atom. The number of hydrogen-bond acceptors (Lipinski definition) is 0. The summed E-state index contributed by atoms with van der Waals surface area (Å²) in [6, 6.07) is 0. The molecule has 0 aromatic heterocycles. The molecule has 0 N–H and O–H groups in total. The number of hydrogen-bond donors (Lipinski definition) is 0. The second-order valence-electron chi connectivity index (χ2n) is 9.90. The Labute approximate surface area is 310 Å². The lowest BCUT2D eigenvalue weighted by Crippen LogP contribution is -1.27. The van der Waals surface area contributed by atoms with Gasteiger partial charge in [-0.2, -0.15) is 0 Å². The molecule has 0 amide bonds. The van der Waals surface area contributed by atoms with Crippen molar-refractivity contribution in [2.24, 2.45) is 0 Å². The minimum atomic E-state index is 1.25. The van der Waals surface area contributed by atoms with Crippen LogP contribution in [0.4, 0.5) is 0 Å². The summed E-state index contributed by atoms with van der Waals surface area (Å²) in [7, 11) is 0. The third-order valence-electron chi connectivity index (χ3n) is 0. The van der Waals surface area contributed by atoms with Crippen molar-refractivity contribution in [2.75, 3.05) is 0 Å². The van der Waals surface area contributed by atoms with Gasteiger partial charge in [-0.05, 0) is 0 Å². The Bertz CT molecular complexity index is 53.3. The van der Waals surface area contributed by atoms with Crippen LogP contribution in [0.5, 0.6) is 0 Å². The fourth-order valence-corrected chi connectivity index (χ4v) is 0. The zero-order valence-electron chi connectivity index (χ0n) is 41.9. The van der Waals surface area contributed by atoms with E-state index in [4.69, 9.17) is 0 Å². The molecule has 0 spiro atoms. The van der Waals surface area contributed by atoms with Crippen LogP contribution in [-0.2, 0) is 0 Å². The lowest BCUT2D eigenvalue weighted by molar-refractivity contribution is 1.09. The van der Waals surface area contributed by atoms with Gasteiger partial charge in [-0.25, -0.2) is 0 Å². The van der Waals surface area contributed by atoms with Crippen LogP contribution in [-0.4, -0.2) is 0 Å². The molecule has 0 aliphatic rings. The van der Waals surface area contributed by atoms with Crippen LogP contribution in [0, 0.1) is 0 Å². The second kappa shape index (κ2) is 444. The molecule has 0 fully saturated rings. The van der Waals surface area contributed by atoms with Crippen molar-refractivity contribution < 1.29 is 0 Å². The molecule has 0 bridgehead atoms. The maximum Gasteiger partial charge on any atom is -0.0590 e. The van der Waals surface area contributed by atoms with Gasteiger partial charge in [-0.3, -0.25) is 0 Å². The lowest BCUT2D eigenvalue weighted by atomic mass is 10.6. The minimum Gasteiger partial charge on any atom is -0.0683 e. The van der Waals surface area contributed by atoms with Crippen LogP contribution in [0.25, 0.3) is 0 Å². The average Bonchev–Trinajstić information content (AvgIpc) is 2.97. The van der Waals surface area contributed by atoms with Crippen molar-refractivity contribution in [1.82, 2.24) is 0 Å². The fourth-order valence-electron chi connectivity index (χ4n) is 0. The molecule has 0 unspecified atom stereocenters. The van der Waals surface area contributed by atoms with E-state index in [-0.39, 0.29) is 0 Å². The van der Waals surface area contributed by atoms with Gasteiger partial charge in [0.2, 0.25) is 0 Å². The molecule has 0 heterocycles. The van der Waals surface area contributed by atoms with E-state index in [1.807, 2.05) is 27.7 Å². The highest BCUT2D eigenvalue weighted by atomic mass is 13.5. The Hall–Kier alpha value is 0. The van der Waals surface area contributed by atoms with Gasteiger partial charge in [-0.1, -0.05) is 311 Å². The Morgan fingerprint density at radius 2 is 0.109 bits per heavy atom. The molecular weight excluding hydrogens is 553 g/mol. The van der Waals surface area contributed by atoms with Crippen LogP contribution in [0.2, 0.25) is 0 Å². The van der Waals surface area contributed by atoms with Gasteiger partial charge in [0.05, 0.1) is 0 Å². The van der Waals surface area contributed by atoms with E-state index >= 15 is 0 Å². The van der Waals surface area contributed by atoms with Gasteiger partial charge >= 0.3 is 0 Å². The van der Waals surface area contributed by atoms with Crippen molar-refractivity contribution in [3.05, 3.63) is 0 Å². The highest BCUT2D eigenvalue weighted by Crippen LogP contribution is 1.60. The van der Waals surface area contributed by atoms with Gasteiger partial charge in [0.15, 0.2) is 0 Å². The first kappa shape index (κ1) is 104. The van der Waals surface area contributed by atoms with Gasteiger partial charge < -0.3 is 0 Å². The first-order valence-corrected chi connectivity index (χ1v) is 21.8. The normalized spacial score (nSPS) is 5.74. The summed E-state index contributed by atoms with van der Waals surface area (Å²) in [5.41, 5.74) is 0. The largest absolute Gasteiger partial charge is 0.0683 e. The number of rotatable bonds is 0. The molecular formula is C46H124. The van der Waals surface area contributed by atoms with Crippen LogP contribution >= 0.6 is 0 Å². The van der Waals surface area contributed by atoms with E-state index in [1.165, 1.54) is 89.9 Å². The minimum absolute atomic E-state index is 1.25. The molecule has 0 aromatic carbocycles. The van der Waals surface area contributed by atoms with Gasteiger partial charge in [0, 0.05) is 0 Å². The predicted molar refractivity (Wildman–Crippen MR) is 246 cm³/mol. The van der Waals surface area contributed by atoms with Gasteiger partial charge in [0.1, 0.15) is 0 Å². The van der Waals surface area contributed by atoms with Crippen molar-refractivity contribution in [2.45, 2.75) is 311 Å². The van der Waals surface area contributed by atoms with Crippen molar-refractivity contribution in [1.29, 1.82) is 0 Å². The van der Waals surface area contributed by atoms with Crippen LogP contribution < -0.4 is 0 Å². The van der Waals surface area contributed by atoms with Crippen LogP contribution in [0.3, 0.4) is 0 Å². The van der Waals surface area contributed by atoms with Gasteiger partial charge in [-0.15, -0.1) is 0 Å². The predicted octanol–water partition coefficient (Wildman–Crippen LogP) is 21.9. The molecule has 0 aromatic rings. The lowest BCUT2D eigenvalue weighted by Gasteiger charge is -1.48. The van der Waals surface area contributed by atoms with E-state index < -0.39 is 0 Å². The molecule has 0 rings (SSSR count). The van der Waals surface area contributed by atoms with Gasteiger partial charge in [0.25, 0.3) is 0 Å². The summed E-state index contributed by atoms with van der Waals surface area (Å²) in [6.45, 7) is 67.5. The maximum absolute atomic E-state index is 2.12. The third kappa shape index (κ3) is 0. The molecule has 0 aliphatic carbocycles. The van der Waals surface area contributed by atoms with E-state index in [0.29, 0.717) is 0 Å². The SMILES string of the molecule is CC.CC.CCC.CCC.CCC.CCC.CCC.CCC.CCC.CCC.CCC.CCC.CCC.CCC.CCC.CCC. The molecule has 0 radical (unpaired) electrons. The first-order chi connectivity index (χ1) is 21.8. The van der Waals surface area contributed by atoms with Crippen molar-refractivity contribution >= 4 is 0 Å². The summed E-state index contributed by atoms with van der Waals surface area (Å²) >= 11 is 0. The first-order valence-electron chi connectivity index (χ1n) is 21.8. The van der Waals surface area contributed by atoms with Crippen molar-refractivity contribution in [3.8, 4) is 0 Å². The molecule has 0 saturated heterocycles. The highest BCUT2D eigenvalue weighted by molar-refractivity contribution is 3.96. The van der Waals surface area contributed by atoms with Crippen molar-refractivity contribution in [3.63, 3.8) is 0 Å². The monoisotopic (exact) mass is 677 g/mol. The van der Waals surface area contributed by atoms with E-state index in [9.17, 15) is 0 Å². The third-order valence-corrected chi connectivity index (χ3v) is 0. The van der Waals surface area contributed by atoms with E-state index in [1.54, 1.807) is 0 Å². The quantitative estimate of drug-likeness (QED) is 0.239. The molecule has 0 heteroatoms. The Kier molecular flexibility index (Phi) is 1000. The molecule has 0 aliphatic heterocycles. The smallest absolute Gasteiger partial charge is 0.0590 e. The molecule has 308 valence electrons. The molecule has 0 atom stereocenters. The highest BCUT2D eigenvalue weighted by Gasteiger charge is 1.39. The zero-order valence-corrected chi connectivity index (χ0v) is 41.9. The summed E-state index contributed by atoms with van der Waals surface area (Å²) in [6.07, 6.45) is 17.5. The van der Waals surface area contributed by atoms with Crippen LogP contribution in [0.1, 0.15) is 311 Å². The topological polar surface area (TPSA) is 0 Å². The summed E-state index contributed by atoms with van der Waals surface area (Å²) in [5.74, 6) is 0. The second-order valence-corrected chi connectivity index (χ2v) is 9.90. The van der Waals surface area contributed by atoms with E-state index in [2.05, 4.69) is 194 Å². The van der Waals surface area contributed by atoms with E-state index in [0.717, 1.165) is 0 Å². The standard InChI is InChI=1S/14C3H8.2C2H6/c14*1-3-2;2*1-2/h14*3H2,1-2H3;2*1-2H3. The summed E-state index contributed by atoms with van der Waals surface area (Å²) in [5, 5.41) is 0. The zero-order chi connectivity index (χ0) is 41.9.